The number of rotatable bonds is 0. The SMILES string of the molecule is C1CC12CO[I-]C1(CC1)C2. The van der Waals surface area contributed by atoms with E-state index in [4.69, 9.17) is 3.07 Å². The van der Waals surface area contributed by atoms with Gasteiger partial charge in [-0.05, 0) is 0 Å². The molecule has 0 unspecified atom stereocenters. The quantitative estimate of drug-likeness (QED) is 0.385. The van der Waals surface area contributed by atoms with Gasteiger partial charge in [-0.15, -0.1) is 0 Å². The second-order valence-corrected chi connectivity index (χ2v) is 7.51. The Bertz CT molecular complexity index is 152. The van der Waals surface area contributed by atoms with E-state index in [1.807, 2.05) is 0 Å². The van der Waals surface area contributed by atoms with Crippen LogP contribution in [0.25, 0.3) is 0 Å². The molecule has 0 N–H and O–H groups in total. The normalized spacial score (nSPS) is 39.2. The summed E-state index contributed by atoms with van der Waals surface area (Å²) in [4.78, 5) is 0. The zero-order valence-corrected chi connectivity index (χ0v) is 8.19. The molecule has 0 atom stereocenters. The minimum absolute atomic E-state index is 0.160. The first-order valence-corrected chi connectivity index (χ1v) is 6.07. The van der Waals surface area contributed by atoms with Crippen molar-refractivity contribution in [3.05, 3.63) is 0 Å². The Hall–Kier alpha value is 0.690. The van der Waals surface area contributed by atoms with Gasteiger partial charge in [-0.3, -0.25) is 0 Å². The molecule has 1 saturated heterocycles. The molecule has 0 aromatic rings. The van der Waals surface area contributed by atoms with Crippen molar-refractivity contribution < 1.29 is 24.7 Å². The van der Waals surface area contributed by atoms with Crippen LogP contribution in [0.2, 0.25) is 0 Å². The van der Waals surface area contributed by atoms with E-state index in [0.29, 0.717) is 0 Å². The van der Waals surface area contributed by atoms with Crippen LogP contribution in [0, 0.1) is 5.41 Å². The van der Waals surface area contributed by atoms with E-state index in [2.05, 4.69) is 0 Å². The van der Waals surface area contributed by atoms with Crippen LogP contribution in [0.5, 0.6) is 0 Å². The summed E-state index contributed by atoms with van der Waals surface area (Å²) < 4.78 is 6.55. The molecule has 3 aliphatic rings. The van der Waals surface area contributed by atoms with Crippen LogP contribution in [-0.2, 0) is 3.07 Å². The Kier molecular flexibility index (Phi) is 1.07. The number of hydrogen-bond acceptors (Lipinski definition) is 1. The second kappa shape index (κ2) is 1.71. The van der Waals surface area contributed by atoms with Crippen molar-refractivity contribution in [2.24, 2.45) is 5.41 Å². The van der Waals surface area contributed by atoms with Gasteiger partial charge in [-0.1, -0.05) is 0 Å². The summed E-state index contributed by atoms with van der Waals surface area (Å²) in [6, 6.07) is 0. The molecule has 1 heterocycles. The first-order chi connectivity index (χ1) is 4.83. The van der Waals surface area contributed by atoms with E-state index >= 15 is 0 Å². The molecular weight excluding hydrogens is 239 g/mol. The zero-order valence-electron chi connectivity index (χ0n) is 6.03. The van der Waals surface area contributed by atoms with Gasteiger partial charge in [0.1, 0.15) is 0 Å². The molecule has 2 aliphatic carbocycles. The predicted molar refractivity (Wildman–Crippen MR) is 34.2 cm³/mol. The van der Waals surface area contributed by atoms with Gasteiger partial charge >= 0.3 is 72.2 Å². The fraction of sp³-hybridized carbons (Fsp3) is 1.00. The van der Waals surface area contributed by atoms with Gasteiger partial charge in [0.2, 0.25) is 0 Å². The van der Waals surface area contributed by atoms with Crippen molar-refractivity contribution >= 4 is 0 Å². The molecule has 58 valence electrons. The van der Waals surface area contributed by atoms with Gasteiger partial charge in [0.05, 0.1) is 0 Å². The minimum atomic E-state index is 0.160. The molecular formula is C8H12IO-. The van der Waals surface area contributed by atoms with Gasteiger partial charge in [-0.25, -0.2) is 0 Å². The molecule has 1 nitrogen and oxygen atoms in total. The van der Waals surface area contributed by atoms with Crippen molar-refractivity contribution in [1.82, 2.24) is 0 Å². The maximum atomic E-state index is 5.74. The van der Waals surface area contributed by atoms with Crippen LogP contribution in [0.1, 0.15) is 32.1 Å². The summed E-state index contributed by atoms with van der Waals surface area (Å²) in [6.07, 6.45) is 7.49. The molecule has 0 aromatic carbocycles. The first kappa shape index (κ1) is 6.23. The molecule has 10 heavy (non-hydrogen) atoms. The predicted octanol–water partition coefficient (Wildman–Crippen LogP) is -1.28. The average Bonchev–Trinajstić information content (AvgIpc) is 2.78. The van der Waals surface area contributed by atoms with Crippen molar-refractivity contribution in [2.75, 3.05) is 6.61 Å². The summed E-state index contributed by atoms with van der Waals surface area (Å²) >= 11 is 0.160. The Morgan fingerprint density at radius 3 is 2.50 bits per heavy atom. The Labute approximate surface area is 72.3 Å². The second-order valence-electron chi connectivity index (χ2n) is 4.16. The van der Waals surface area contributed by atoms with Gasteiger partial charge < -0.3 is 0 Å². The first-order valence-electron chi connectivity index (χ1n) is 4.11. The van der Waals surface area contributed by atoms with Crippen molar-refractivity contribution in [1.29, 1.82) is 0 Å². The van der Waals surface area contributed by atoms with E-state index in [-0.39, 0.29) is 21.6 Å². The molecule has 0 amide bonds. The van der Waals surface area contributed by atoms with E-state index in [1.165, 1.54) is 25.7 Å². The Morgan fingerprint density at radius 2 is 1.90 bits per heavy atom. The molecule has 3 fully saturated rings. The van der Waals surface area contributed by atoms with Crippen LogP contribution in [0.3, 0.4) is 0 Å². The Balaban J connectivity index is 1.80. The van der Waals surface area contributed by atoms with Gasteiger partial charge in [0, 0.05) is 0 Å². The fourth-order valence-corrected chi connectivity index (χ4v) is 5.05. The molecule has 1 aliphatic heterocycles. The summed E-state index contributed by atoms with van der Waals surface area (Å²) in [5.41, 5.74) is 0.731. The summed E-state index contributed by atoms with van der Waals surface area (Å²) in [5.74, 6) is 0. The number of hydrogen-bond donors (Lipinski definition) is 0. The number of halogens is 1. The zero-order chi connectivity index (χ0) is 6.66. The molecule has 2 heteroatoms. The van der Waals surface area contributed by atoms with Gasteiger partial charge in [0.25, 0.3) is 0 Å². The van der Waals surface area contributed by atoms with E-state index < -0.39 is 0 Å². The molecule has 2 saturated carbocycles. The summed E-state index contributed by atoms with van der Waals surface area (Å²) in [6.45, 7) is 1.13. The molecule has 3 rings (SSSR count). The molecule has 0 radical (unpaired) electrons. The standard InChI is InChI=1S/C8H12IO/c1-2-7(1)5-8(3-4-8)9-10-6-7/h1-6H2/q-1. The van der Waals surface area contributed by atoms with E-state index in [1.54, 1.807) is 6.42 Å². The van der Waals surface area contributed by atoms with Crippen LogP contribution < -0.4 is 21.6 Å². The Morgan fingerprint density at radius 1 is 1.10 bits per heavy atom. The van der Waals surface area contributed by atoms with Crippen LogP contribution in [0.4, 0.5) is 0 Å². The summed E-state index contributed by atoms with van der Waals surface area (Å²) in [7, 11) is 0. The number of alkyl halides is 1. The van der Waals surface area contributed by atoms with Crippen molar-refractivity contribution in [3.63, 3.8) is 0 Å². The third-order valence-corrected chi connectivity index (χ3v) is 6.04. The molecule has 0 bridgehead atoms. The van der Waals surface area contributed by atoms with Crippen LogP contribution in [0.15, 0.2) is 0 Å². The molecule has 0 aromatic heterocycles. The van der Waals surface area contributed by atoms with Crippen LogP contribution >= 0.6 is 0 Å². The van der Waals surface area contributed by atoms with Crippen molar-refractivity contribution in [2.45, 2.75) is 35.5 Å². The monoisotopic (exact) mass is 251 g/mol. The third kappa shape index (κ3) is 0.843. The van der Waals surface area contributed by atoms with Crippen molar-refractivity contribution in [3.8, 4) is 0 Å². The summed E-state index contributed by atoms with van der Waals surface area (Å²) in [5, 5.41) is 0. The third-order valence-electron chi connectivity index (χ3n) is 3.02. The fourth-order valence-electron chi connectivity index (χ4n) is 1.90. The van der Waals surface area contributed by atoms with E-state index in [9.17, 15) is 0 Å². The van der Waals surface area contributed by atoms with Gasteiger partial charge in [0.15, 0.2) is 0 Å². The maximum absolute atomic E-state index is 5.74. The van der Waals surface area contributed by atoms with E-state index in [0.717, 1.165) is 15.4 Å². The molecule has 2 spiro atoms. The average molecular weight is 251 g/mol. The van der Waals surface area contributed by atoms with Gasteiger partial charge in [-0.2, -0.15) is 0 Å². The topological polar surface area (TPSA) is 9.23 Å². The van der Waals surface area contributed by atoms with Crippen LogP contribution in [-0.4, -0.2) is 10.0 Å².